The average Bonchev–Trinajstić information content (AvgIpc) is 3.22. The fourth-order valence-electron chi connectivity index (χ4n) is 3.55. The van der Waals surface area contributed by atoms with Crippen molar-refractivity contribution in [2.75, 3.05) is 18.0 Å². The highest BCUT2D eigenvalue weighted by molar-refractivity contribution is 5.45. The molecule has 0 aromatic carbocycles. The van der Waals surface area contributed by atoms with Crippen molar-refractivity contribution >= 4 is 5.82 Å². The minimum Gasteiger partial charge on any atom is -0.356 e. The number of aryl methyl sites for hydroxylation is 2. The summed E-state index contributed by atoms with van der Waals surface area (Å²) in [4.78, 5) is 30.8. The molecular formula is C19H23N7O. The molecule has 4 heterocycles. The number of hydrogen-bond acceptors (Lipinski definition) is 6. The molecule has 27 heavy (non-hydrogen) atoms. The first-order chi connectivity index (χ1) is 13.1. The predicted molar refractivity (Wildman–Crippen MR) is 102 cm³/mol. The van der Waals surface area contributed by atoms with Gasteiger partial charge < -0.3 is 9.88 Å². The lowest BCUT2D eigenvalue weighted by atomic mass is 9.94. The highest BCUT2D eigenvalue weighted by atomic mass is 16.1. The molecule has 0 bridgehead atoms. The van der Waals surface area contributed by atoms with Crippen LogP contribution in [0.4, 0.5) is 5.82 Å². The van der Waals surface area contributed by atoms with Gasteiger partial charge in [0.1, 0.15) is 17.5 Å². The molecule has 4 rings (SSSR count). The highest BCUT2D eigenvalue weighted by Gasteiger charge is 2.24. The van der Waals surface area contributed by atoms with Crippen LogP contribution >= 0.6 is 0 Å². The summed E-state index contributed by atoms with van der Waals surface area (Å²) in [5, 5.41) is 4.26. The van der Waals surface area contributed by atoms with E-state index in [2.05, 4.69) is 29.9 Å². The fraction of sp³-hybridized carbons (Fsp3) is 0.421. The third-order valence-corrected chi connectivity index (χ3v) is 4.86. The Hall–Kier alpha value is -3.03. The molecule has 8 nitrogen and oxygen atoms in total. The number of nitrogens with one attached hydrogen (secondary N) is 1. The van der Waals surface area contributed by atoms with E-state index >= 15 is 0 Å². The summed E-state index contributed by atoms with van der Waals surface area (Å²) < 4.78 is 1.74. The molecule has 0 aliphatic carbocycles. The van der Waals surface area contributed by atoms with Crippen molar-refractivity contribution in [3.63, 3.8) is 0 Å². The molecule has 3 aromatic heterocycles. The average molecular weight is 365 g/mol. The van der Waals surface area contributed by atoms with Gasteiger partial charge in [0.2, 0.25) is 0 Å². The molecule has 8 heteroatoms. The van der Waals surface area contributed by atoms with E-state index in [1.807, 2.05) is 32.2 Å². The Labute approximate surface area is 157 Å². The molecule has 1 N–H and O–H groups in total. The number of aromatic nitrogens is 6. The Kier molecular flexibility index (Phi) is 4.70. The lowest BCUT2D eigenvalue weighted by molar-refractivity contribution is 0.495. The number of hydrogen-bond donors (Lipinski definition) is 1. The number of rotatable bonds is 4. The van der Waals surface area contributed by atoms with Gasteiger partial charge in [0, 0.05) is 50.0 Å². The normalized spacial score (nSPS) is 17.3. The van der Waals surface area contributed by atoms with Gasteiger partial charge >= 0.3 is 0 Å². The van der Waals surface area contributed by atoms with Crippen LogP contribution in [0, 0.1) is 6.92 Å². The van der Waals surface area contributed by atoms with Gasteiger partial charge in [-0.15, -0.1) is 0 Å². The molecule has 0 radical (unpaired) electrons. The van der Waals surface area contributed by atoms with Gasteiger partial charge in [-0.3, -0.25) is 4.79 Å². The van der Waals surface area contributed by atoms with Crippen LogP contribution in [0.2, 0.25) is 0 Å². The van der Waals surface area contributed by atoms with E-state index in [4.69, 9.17) is 0 Å². The van der Waals surface area contributed by atoms with Crippen molar-refractivity contribution in [3.8, 4) is 5.82 Å². The molecule has 3 aromatic rings. The summed E-state index contributed by atoms with van der Waals surface area (Å²) >= 11 is 0. The summed E-state index contributed by atoms with van der Waals surface area (Å²) in [6, 6.07) is 5.47. The van der Waals surface area contributed by atoms with E-state index in [0.717, 1.165) is 55.5 Å². The molecule has 1 aliphatic heterocycles. The number of H-pyrrole nitrogens is 1. The second kappa shape index (κ2) is 7.30. The van der Waals surface area contributed by atoms with Gasteiger partial charge in [-0.25, -0.2) is 19.6 Å². The first-order valence-electron chi connectivity index (χ1n) is 9.33. The summed E-state index contributed by atoms with van der Waals surface area (Å²) in [5.41, 5.74) is 0.797. The molecule has 1 fully saturated rings. The Morgan fingerprint density at radius 1 is 1.22 bits per heavy atom. The van der Waals surface area contributed by atoms with Crippen molar-refractivity contribution < 1.29 is 0 Å². The Morgan fingerprint density at radius 3 is 2.85 bits per heavy atom. The van der Waals surface area contributed by atoms with Crippen molar-refractivity contribution in [1.82, 2.24) is 29.7 Å². The molecule has 140 valence electrons. The molecule has 1 aliphatic rings. The Bertz CT molecular complexity index is 980. The van der Waals surface area contributed by atoms with E-state index in [1.54, 1.807) is 16.9 Å². The van der Waals surface area contributed by atoms with Gasteiger partial charge in [0.25, 0.3) is 5.56 Å². The SMILES string of the molecule is CCc1nc(C2CCCN(c3cc(-n4cccn4)nc(C)n3)C2)cc(=O)[nH]1. The molecule has 0 amide bonds. The minimum absolute atomic E-state index is 0.0761. The smallest absolute Gasteiger partial charge is 0.251 e. The number of anilines is 1. The number of aromatic amines is 1. The van der Waals surface area contributed by atoms with E-state index in [0.29, 0.717) is 5.82 Å². The van der Waals surface area contributed by atoms with Crippen LogP contribution in [0.15, 0.2) is 35.4 Å². The van der Waals surface area contributed by atoms with Crippen LogP contribution in [0.3, 0.4) is 0 Å². The van der Waals surface area contributed by atoms with Crippen LogP contribution in [-0.4, -0.2) is 42.8 Å². The quantitative estimate of drug-likeness (QED) is 0.760. The van der Waals surface area contributed by atoms with E-state index in [9.17, 15) is 4.79 Å². The maximum absolute atomic E-state index is 11.9. The second-order valence-corrected chi connectivity index (χ2v) is 6.84. The topological polar surface area (TPSA) is 92.6 Å². The van der Waals surface area contributed by atoms with Crippen molar-refractivity contribution in [2.45, 2.75) is 39.0 Å². The molecule has 0 saturated carbocycles. The van der Waals surface area contributed by atoms with Crippen LogP contribution in [0.1, 0.15) is 43.0 Å². The minimum atomic E-state index is -0.0761. The van der Waals surface area contributed by atoms with Gasteiger partial charge in [0.05, 0.1) is 5.69 Å². The summed E-state index contributed by atoms with van der Waals surface area (Å²) in [5.74, 6) is 3.32. The standard InChI is InChI=1S/C19H23N7O/c1-3-16-23-15(10-19(27)24-16)14-6-4-8-25(12-14)17-11-18(22-13(2)21-17)26-9-5-7-20-26/h5,7,9-11,14H,3-4,6,8,12H2,1-2H3,(H,23,24,27). The summed E-state index contributed by atoms with van der Waals surface area (Å²) in [6.45, 7) is 5.60. The first kappa shape index (κ1) is 17.4. The van der Waals surface area contributed by atoms with E-state index < -0.39 is 0 Å². The van der Waals surface area contributed by atoms with Crippen LogP contribution in [-0.2, 0) is 6.42 Å². The lowest BCUT2D eigenvalue weighted by Crippen LogP contribution is -2.36. The number of piperidine rings is 1. The maximum atomic E-state index is 11.9. The van der Waals surface area contributed by atoms with Crippen molar-refractivity contribution in [1.29, 1.82) is 0 Å². The third-order valence-electron chi connectivity index (χ3n) is 4.86. The molecule has 1 unspecified atom stereocenters. The monoisotopic (exact) mass is 365 g/mol. The predicted octanol–water partition coefficient (Wildman–Crippen LogP) is 2.00. The zero-order valence-corrected chi connectivity index (χ0v) is 15.6. The van der Waals surface area contributed by atoms with Gasteiger partial charge in [-0.1, -0.05) is 6.92 Å². The summed E-state index contributed by atoms with van der Waals surface area (Å²) in [7, 11) is 0. The van der Waals surface area contributed by atoms with Crippen LogP contribution in [0.25, 0.3) is 5.82 Å². The maximum Gasteiger partial charge on any atom is 0.251 e. The molecule has 0 spiro atoms. The lowest BCUT2D eigenvalue weighted by Gasteiger charge is -2.33. The highest BCUT2D eigenvalue weighted by Crippen LogP contribution is 2.28. The van der Waals surface area contributed by atoms with Gasteiger partial charge in [-0.2, -0.15) is 5.10 Å². The fourth-order valence-corrected chi connectivity index (χ4v) is 3.55. The van der Waals surface area contributed by atoms with Crippen molar-refractivity contribution in [2.24, 2.45) is 0 Å². The number of nitrogens with zero attached hydrogens (tertiary/aromatic N) is 6. The molecule has 1 saturated heterocycles. The largest absolute Gasteiger partial charge is 0.356 e. The second-order valence-electron chi connectivity index (χ2n) is 6.84. The Balaban J connectivity index is 1.62. The molecule has 1 atom stereocenters. The van der Waals surface area contributed by atoms with Gasteiger partial charge in [-0.05, 0) is 25.8 Å². The van der Waals surface area contributed by atoms with Crippen LogP contribution < -0.4 is 10.5 Å². The van der Waals surface area contributed by atoms with E-state index in [1.165, 1.54) is 0 Å². The summed E-state index contributed by atoms with van der Waals surface area (Å²) in [6.07, 6.45) is 6.37. The first-order valence-corrected chi connectivity index (χ1v) is 9.33. The zero-order valence-electron chi connectivity index (χ0n) is 15.6. The molecular weight excluding hydrogens is 342 g/mol. The Morgan fingerprint density at radius 2 is 2.07 bits per heavy atom. The van der Waals surface area contributed by atoms with Crippen LogP contribution in [0.5, 0.6) is 0 Å². The van der Waals surface area contributed by atoms with E-state index in [-0.39, 0.29) is 11.5 Å². The van der Waals surface area contributed by atoms with Gasteiger partial charge in [0.15, 0.2) is 5.82 Å². The zero-order chi connectivity index (χ0) is 18.8. The van der Waals surface area contributed by atoms with Crippen molar-refractivity contribution in [3.05, 3.63) is 58.3 Å². The third kappa shape index (κ3) is 3.74.